The van der Waals surface area contributed by atoms with Crippen LogP contribution in [0.2, 0.25) is 0 Å². The molecule has 2 rings (SSSR count). The Kier molecular flexibility index (Phi) is 5.34. The molecule has 0 spiro atoms. The maximum Gasteiger partial charge on any atom is 0.138 e. The zero-order chi connectivity index (χ0) is 13.7. The van der Waals surface area contributed by atoms with E-state index < -0.39 is 0 Å². The molecule has 19 heavy (non-hydrogen) atoms. The lowest BCUT2D eigenvalue weighted by atomic mass is 9.89. The maximum absolute atomic E-state index is 5.81. The quantitative estimate of drug-likeness (QED) is 0.815. The fourth-order valence-electron chi connectivity index (χ4n) is 3.05. The molecule has 1 aliphatic rings. The van der Waals surface area contributed by atoms with Crippen molar-refractivity contribution in [2.24, 2.45) is 5.92 Å². The first kappa shape index (κ1) is 14.5. The molecule has 1 saturated heterocycles. The van der Waals surface area contributed by atoms with Crippen LogP contribution in [0, 0.1) is 5.92 Å². The van der Waals surface area contributed by atoms with Crippen molar-refractivity contribution in [1.29, 1.82) is 0 Å². The monoisotopic (exact) mass is 266 g/mol. The van der Waals surface area contributed by atoms with Crippen LogP contribution < -0.4 is 5.32 Å². The van der Waals surface area contributed by atoms with E-state index in [1.165, 1.54) is 0 Å². The molecule has 0 aliphatic carbocycles. The summed E-state index contributed by atoms with van der Waals surface area (Å²) in [5.74, 6) is 1.67. The molecule has 0 saturated carbocycles. The van der Waals surface area contributed by atoms with Crippen molar-refractivity contribution in [1.82, 2.24) is 20.1 Å². The van der Waals surface area contributed by atoms with Crippen molar-refractivity contribution < 1.29 is 4.74 Å². The molecule has 2 heterocycles. The van der Waals surface area contributed by atoms with E-state index in [2.05, 4.69) is 29.2 Å². The van der Waals surface area contributed by atoms with Crippen molar-refractivity contribution in [3.05, 3.63) is 12.2 Å². The van der Waals surface area contributed by atoms with E-state index in [4.69, 9.17) is 4.74 Å². The highest BCUT2D eigenvalue weighted by atomic mass is 16.5. The zero-order valence-electron chi connectivity index (χ0n) is 12.3. The van der Waals surface area contributed by atoms with Crippen LogP contribution in [0.25, 0.3) is 0 Å². The Morgan fingerprint density at radius 2 is 2.37 bits per heavy atom. The van der Waals surface area contributed by atoms with Gasteiger partial charge in [-0.2, -0.15) is 5.10 Å². The standard InChI is InChI=1S/C14H26N4O/c1-4-7-18-14(16-10-17-18)9-12(15-3)11-6-8-19-13(11)5-2/h10-13,15H,4-9H2,1-3H3. The van der Waals surface area contributed by atoms with Gasteiger partial charge in [0.15, 0.2) is 0 Å². The molecule has 1 N–H and O–H groups in total. The summed E-state index contributed by atoms with van der Waals surface area (Å²) in [6.07, 6.45) is 6.31. The lowest BCUT2D eigenvalue weighted by Crippen LogP contribution is -2.40. The second-order valence-corrected chi connectivity index (χ2v) is 5.27. The number of ether oxygens (including phenoxy) is 1. The molecule has 0 amide bonds. The van der Waals surface area contributed by atoms with Gasteiger partial charge >= 0.3 is 0 Å². The molecule has 0 bridgehead atoms. The molecule has 0 aromatic carbocycles. The van der Waals surface area contributed by atoms with Gasteiger partial charge in [-0.25, -0.2) is 4.98 Å². The van der Waals surface area contributed by atoms with E-state index in [1.807, 2.05) is 11.7 Å². The fraction of sp³-hybridized carbons (Fsp3) is 0.857. The largest absolute Gasteiger partial charge is 0.378 e. The SMILES string of the molecule is CCCn1ncnc1CC(NC)C1CCOC1CC. The highest BCUT2D eigenvalue weighted by molar-refractivity contribution is 4.95. The van der Waals surface area contributed by atoms with Gasteiger partial charge in [-0.15, -0.1) is 0 Å². The van der Waals surface area contributed by atoms with Gasteiger partial charge in [-0.1, -0.05) is 13.8 Å². The molecule has 3 unspecified atom stereocenters. The Labute approximate surface area is 115 Å². The number of hydrogen-bond acceptors (Lipinski definition) is 4. The molecular formula is C14H26N4O. The summed E-state index contributed by atoms with van der Waals surface area (Å²) in [6.45, 7) is 6.21. The topological polar surface area (TPSA) is 52.0 Å². The Hall–Kier alpha value is -0.940. The van der Waals surface area contributed by atoms with Gasteiger partial charge in [0, 0.05) is 31.5 Å². The Morgan fingerprint density at radius 3 is 3.05 bits per heavy atom. The third kappa shape index (κ3) is 3.34. The molecule has 5 heteroatoms. The minimum atomic E-state index is 0.389. The number of nitrogens with one attached hydrogen (secondary N) is 1. The molecule has 1 aliphatic heterocycles. The zero-order valence-corrected chi connectivity index (χ0v) is 12.3. The van der Waals surface area contributed by atoms with Gasteiger partial charge in [-0.3, -0.25) is 4.68 Å². The molecule has 0 radical (unpaired) electrons. The van der Waals surface area contributed by atoms with Crippen LogP contribution in [-0.4, -0.2) is 40.6 Å². The van der Waals surface area contributed by atoms with Gasteiger partial charge in [-0.05, 0) is 26.3 Å². The third-order valence-corrected chi connectivity index (χ3v) is 4.08. The van der Waals surface area contributed by atoms with Gasteiger partial charge in [0.25, 0.3) is 0 Å². The Bertz CT molecular complexity index is 379. The highest BCUT2D eigenvalue weighted by Crippen LogP contribution is 2.27. The van der Waals surface area contributed by atoms with Crippen LogP contribution >= 0.6 is 0 Å². The van der Waals surface area contributed by atoms with E-state index in [0.29, 0.717) is 18.1 Å². The molecule has 108 valence electrons. The summed E-state index contributed by atoms with van der Waals surface area (Å²) >= 11 is 0. The Morgan fingerprint density at radius 1 is 1.53 bits per heavy atom. The summed E-state index contributed by atoms with van der Waals surface area (Å²) in [6, 6.07) is 0.423. The summed E-state index contributed by atoms with van der Waals surface area (Å²) < 4.78 is 7.84. The molecule has 1 aromatic heterocycles. The summed E-state index contributed by atoms with van der Waals surface area (Å²) in [7, 11) is 2.04. The second-order valence-electron chi connectivity index (χ2n) is 5.27. The predicted molar refractivity (Wildman–Crippen MR) is 75.0 cm³/mol. The van der Waals surface area contributed by atoms with E-state index in [-0.39, 0.29) is 0 Å². The minimum absolute atomic E-state index is 0.389. The number of likely N-dealkylation sites (N-methyl/N-ethyl adjacent to an activating group) is 1. The van der Waals surface area contributed by atoms with Crippen LogP contribution in [0.1, 0.15) is 38.9 Å². The number of rotatable bonds is 7. The van der Waals surface area contributed by atoms with Crippen molar-refractivity contribution in [2.45, 2.75) is 58.2 Å². The normalized spacial score (nSPS) is 24.8. The summed E-state index contributed by atoms with van der Waals surface area (Å²) in [5, 5.41) is 7.76. The minimum Gasteiger partial charge on any atom is -0.378 e. The third-order valence-electron chi connectivity index (χ3n) is 4.08. The van der Waals surface area contributed by atoms with Gasteiger partial charge < -0.3 is 10.1 Å². The lowest BCUT2D eigenvalue weighted by Gasteiger charge is -2.26. The van der Waals surface area contributed by atoms with E-state index in [9.17, 15) is 0 Å². The highest BCUT2D eigenvalue weighted by Gasteiger charge is 2.33. The average Bonchev–Trinajstić information content (AvgIpc) is 3.05. The Balaban J connectivity index is 2.03. The molecule has 5 nitrogen and oxygen atoms in total. The molecule has 1 aromatic rings. The number of aromatic nitrogens is 3. The first-order valence-electron chi connectivity index (χ1n) is 7.45. The van der Waals surface area contributed by atoms with Crippen LogP contribution in [0.4, 0.5) is 0 Å². The van der Waals surface area contributed by atoms with Gasteiger partial charge in [0.1, 0.15) is 12.2 Å². The van der Waals surface area contributed by atoms with E-state index >= 15 is 0 Å². The van der Waals surface area contributed by atoms with Crippen molar-refractivity contribution in [3.8, 4) is 0 Å². The molecular weight excluding hydrogens is 240 g/mol. The molecule has 1 fully saturated rings. The second kappa shape index (κ2) is 7.01. The van der Waals surface area contributed by atoms with Crippen molar-refractivity contribution in [2.75, 3.05) is 13.7 Å². The summed E-state index contributed by atoms with van der Waals surface area (Å²) in [5.41, 5.74) is 0. The van der Waals surface area contributed by atoms with Crippen molar-refractivity contribution >= 4 is 0 Å². The van der Waals surface area contributed by atoms with Gasteiger partial charge in [0.2, 0.25) is 0 Å². The predicted octanol–water partition coefficient (Wildman–Crippen LogP) is 1.63. The fourth-order valence-corrected chi connectivity index (χ4v) is 3.05. The smallest absolute Gasteiger partial charge is 0.138 e. The number of hydrogen-bond donors (Lipinski definition) is 1. The van der Waals surface area contributed by atoms with Crippen LogP contribution in [0.15, 0.2) is 6.33 Å². The first-order valence-corrected chi connectivity index (χ1v) is 7.45. The summed E-state index contributed by atoms with van der Waals surface area (Å²) in [4.78, 5) is 4.42. The maximum atomic E-state index is 5.81. The van der Waals surface area contributed by atoms with Crippen LogP contribution in [0.5, 0.6) is 0 Å². The number of nitrogens with zero attached hydrogens (tertiary/aromatic N) is 3. The van der Waals surface area contributed by atoms with E-state index in [0.717, 1.165) is 44.7 Å². The van der Waals surface area contributed by atoms with Crippen LogP contribution in [-0.2, 0) is 17.7 Å². The molecule has 3 atom stereocenters. The van der Waals surface area contributed by atoms with E-state index in [1.54, 1.807) is 6.33 Å². The first-order chi connectivity index (χ1) is 9.30. The number of aryl methyl sites for hydroxylation is 1. The van der Waals surface area contributed by atoms with Crippen molar-refractivity contribution in [3.63, 3.8) is 0 Å². The lowest BCUT2D eigenvalue weighted by molar-refractivity contribution is 0.0780. The van der Waals surface area contributed by atoms with Crippen LogP contribution in [0.3, 0.4) is 0 Å². The average molecular weight is 266 g/mol. The van der Waals surface area contributed by atoms with Gasteiger partial charge in [0.05, 0.1) is 6.10 Å².